The summed E-state index contributed by atoms with van der Waals surface area (Å²) in [6.45, 7) is 1.92. The maximum Gasteiger partial charge on any atom is 0.256 e. The lowest BCUT2D eigenvalue weighted by molar-refractivity contribution is 0.102. The van der Waals surface area contributed by atoms with Crippen molar-refractivity contribution < 1.29 is 17.6 Å². The third-order valence-corrected chi connectivity index (χ3v) is 6.27. The van der Waals surface area contributed by atoms with Crippen LogP contribution in [0.15, 0.2) is 47.4 Å². The zero-order valence-corrected chi connectivity index (χ0v) is 16.7. The molecule has 7 nitrogen and oxygen atoms in total. The van der Waals surface area contributed by atoms with Crippen LogP contribution in [0, 0.1) is 5.82 Å². The summed E-state index contributed by atoms with van der Waals surface area (Å²) in [7, 11) is -1.97. The van der Waals surface area contributed by atoms with Gasteiger partial charge in [-0.25, -0.2) is 17.5 Å². The van der Waals surface area contributed by atoms with E-state index >= 15 is 0 Å². The van der Waals surface area contributed by atoms with Crippen LogP contribution >= 0.6 is 11.3 Å². The Morgan fingerprint density at radius 2 is 1.89 bits per heavy atom. The Bertz CT molecular complexity index is 1120. The van der Waals surface area contributed by atoms with Crippen molar-refractivity contribution in [1.29, 1.82) is 0 Å². The van der Waals surface area contributed by atoms with Crippen LogP contribution in [0.3, 0.4) is 0 Å². The lowest BCUT2D eigenvalue weighted by Gasteiger charge is -2.09. The van der Waals surface area contributed by atoms with Gasteiger partial charge in [-0.1, -0.05) is 29.8 Å². The van der Waals surface area contributed by atoms with Crippen molar-refractivity contribution in [3.63, 3.8) is 0 Å². The second-order valence-electron chi connectivity index (χ2n) is 5.85. The minimum Gasteiger partial charge on any atom is -0.296 e. The second-order valence-corrected chi connectivity index (χ2v) is 8.60. The number of aromatic nitrogens is 2. The number of nitrogens with zero attached hydrogens (tertiary/aromatic N) is 2. The van der Waals surface area contributed by atoms with Gasteiger partial charge in [-0.2, -0.15) is 0 Å². The van der Waals surface area contributed by atoms with E-state index in [-0.39, 0.29) is 28.0 Å². The minimum absolute atomic E-state index is 0.00867. The molecule has 0 aliphatic carbocycles. The van der Waals surface area contributed by atoms with Gasteiger partial charge in [0, 0.05) is 17.7 Å². The number of carbonyl (C=O) groups is 1. The molecule has 28 heavy (non-hydrogen) atoms. The van der Waals surface area contributed by atoms with Crippen LogP contribution < -0.4 is 15.5 Å². The van der Waals surface area contributed by atoms with E-state index < -0.39 is 15.9 Å². The molecule has 3 aromatic rings. The summed E-state index contributed by atoms with van der Waals surface area (Å²) >= 11 is 1.13. The first kappa shape index (κ1) is 20.1. The zero-order chi connectivity index (χ0) is 20.3. The van der Waals surface area contributed by atoms with Crippen molar-refractivity contribution in [1.82, 2.24) is 14.9 Å². The highest BCUT2D eigenvalue weighted by molar-refractivity contribution is 7.89. The van der Waals surface area contributed by atoms with E-state index in [1.165, 1.54) is 24.3 Å². The van der Waals surface area contributed by atoms with E-state index in [1.54, 1.807) is 33.0 Å². The minimum atomic E-state index is -3.68. The lowest BCUT2D eigenvalue weighted by Crippen LogP contribution is -2.26. The monoisotopic (exact) mass is 418 g/mol. The van der Waals surface area contributed by atoms with E-state index in [0.717, 1.165) is 11.3 Å². The highest BCUT2D eigenvalue weighted by Crippen LogP contribution is 2.26. The maximum atomic E-state index is 13.0. The van der Waals surface area contributed by atoms with Gasteiger partial charge >= 0.3 is 0 Å². The number of carbonyl (C=O) groups excluding carboxylic acids is 1. The fourth-order valence-electron chi connectivity index (χ4n) is 2.43. The summed E-state index contributed by atoms with van der Waals surface area (Å²) in [6, 6.07) is 10.1. The van der Waals surface area contributed by atoms with Crippen molar-refractivity contribution in [2.45, 2.75) is 11.8 Å². The molecule has 0 radical (unpaired) electrons. The molecule has 1 aromatic heterocycles. The Labute approximate surface area is 166 Å². The van der Waals surface area contributed by atoms with Gasteiger partial charge in [-0.3, -0.25) is 10.1 Å². The van der Waals surface area contributed by atoms with Crippen molar-refractivity contribution in [2.75, 3.05) is 11.9 Å². The van der Waals surface area contributed by atoms with Gasteiger partial charge in [0.2, 0.25) is 15.2 Å². The molecule has 144 valence electrons. The Morgan fingerprint density at radius 1 is 1.18 bits per heavy atom. The Balaban J connectivity index is 1.83. The van der Waals surface area contributed by atoms with Gasteiger partial charge in [0.05, 0.1) is 4.90 Å². The zero-order valence-electron chi connectivity index (χ0n) is 15.1. The highest BCUT2D eigenvalue weighted by atomic mass is 32.2. The Hall–Kier alpha value is -2.63. The number of anilines is 1. The van der Waals surface area contributed by atoms with E-state index in [2.05, 4.69) is 20.2 Å². The molecule has 0 saturated heterocycles. The van der Waals surface area contributed by atoms with Crippen LogP contribution in [0.4, 0.5) is 9.52 Å². The number of sulfonamides is 1. The molecule has 0 fully saturated rings. The molecule has 0 atom stereocenters. The first-order chi connectivity index (χ1) is 13.3. The molecular weight excluding hydrogens is 402 g/mol. The molecule has 0 aliphatic heterocycles. The normalized spacial score (nSPS) is 11.4. The number of amides is 1. The quantitative estimate of drug-likeness (QED) is 0.585. The van der Waals surface area contributed by atoms with Crippen LogP contribution in [0.5, 0.6) is 0 Å². The summed E-state index contributed by atoms with van der Waals surface area (Å²) < 4.78 is 39.8. The lowest BCUT2D eigenvalue weighted by atomic mass is 9.90. The summed E-state index contributed by atoms with van der Waals surface area (Å²) in [5, 5.41) is 11.3. The number of benzene rings is 2. The molecule has 11 heteroatoms. The average molecular weight is 418 g/mol. The van der Waals surface area contributed by atoms with Crippen molar-refractivity contribution in [2.24, 2.45) is 0 Å². The number of hydrogen-bond donors (Lipinski definition) is 2. The molecule has 3 rings (SSSR count). The predicted octanol–water partition coefficient (Wildman–Crippen LogP) is 1.15. The van der Waals surface area contributed by atoms with Crippen molar-refractivity contribution >= 4 is 45.7 Å². The fraction of sp³-hybridized carbons (Fsp3) is 0.118. The molecular formula is C17H16BFN4O3S2. The molecule has 0 unspecified atom stereocenters. The molecule has 1 heterocycles. The molecule has 1 amide bonds. The Morgan fingerprint density at radius 3 is 2.57 bits per heavy atom. The number of rotatable bonds is 6. The van der Waals surface area contributed by atoms with Gasteiger partial charge in [0.1, 0.15) is 18.7 Å². The maximum absolute atomic E-state index is 13.0. The third kappa shape index (κ3) is 4.43. The van der Waals surface area contributed by atoms with Gasteiger partial charge in [-0.05, 0) is 36.4 Å². The molecule has 2 aromatic carbocycles. The molecule has 0 spiro atoms. The van der Waals surface area contributed by atoms with Gasteiger partial charge in [-0.15, -0.1) is 10.2 Å². The summed E-state index contributed by atoms with van der Waals surface area (Å²) in [4.78, 5) is 12.6. The standard InChI is InChI=1S/C17H16BFN4O3S2/c1-2-20-28(25,26)12-7-8-14(18)13(9-12)15(24)21-17-23-22-16(27-17)10-3-5-11(19)6-4-10/h3-9,20H,2,18H2,1H3,(H,21,23,24). The summed E-state index contributed by atoms with van der Waals surface area (Å²) in [6.07, 6.45) is 0. The molecule has 0 saturated carbocycles. The third-order valence-electron chi connectivity index (χ3n) is 3.83. The van der Waals surface area contributed by atoms with Crippen molar-refractivity contribution in [3.8, 4) is 10.6 Å². The smallest absolute Gasteiger partial charge is 0.256 e. The highest BCUT2D eigenvalue weighted by Gasteiger charge is 2.18. The van der Waals surface area contributed by atoms with Crippen LogP contribution in [0.1, 0.15) is 17.3 Å². The Kier molecular flexibility index (Phi) is 5.87. The van der Waals surface area contributed by atoms with Gasteiger partial charge in [0.25, 0.3) is 5.91 Å². The second kappa shape index (κ2) is 8.17. The molecule has 0 aliphatic rings. The van der Waals surface area contributed by atoms with E-state index in [1.807, 2.05) is 0 Å². The van der Waals surface area contributed by atoms with Crippen LogP contribution in [-0.4, -0.2) is 38.9 Å². The van der Waals surface area contributed by atoms with Gasteiger partial charge in [0.15, 0.2) is 0 Å². The van der Waals surface area contributed by atoms with E-state index in [9.17, 15) is 17.6 Å². The van der Waals surface area contributed by atoms with Crippen LogP contribution in [0.2, 0.25) is 0 Å². The topological polar surface area (TPSA) is 101 Å². The SMILES string of the molecule is Bc1ccc(S(=O)(=O)NCC)cc1C(=O)Nc1nnc(-c2ccc(F)cc2)s1. The first-order valence-corrected chi connectivity index (χ1v) is 10.6. The first-order valence-electron chi connectivity index (χ1n) is 8.31. The van der Waals surface area contributed by atoms with Gasteiger partial charge < -0.3 is 0 Å². The summed E-state index contributed by atoms with van der Waals surface area (Å²) in [5.74, 6) is -0.850. The average Bonchev–Trinajstić information content (AvgIpc) is 3.10. The summed E-state index contributed by atoms with van der Waals surface area (Å²) in [5.41, 5.74) is 1.52. The number of nitrogens with one attached hydrogen (secondary N) is 2. The number of halogens is 1. The number of hydrogen-bond acceptors (Lipinski definition) is 6. The van der Waals surface area contributed by atoms with Crippen molar-refractivity contribution in [3.05, 3.63) is 53.8 Å². The predicted molar refractivity (Wildman–Crippen MR) is 109 cm³/mol. The molecule has 2 N–H and O–H groups in total. The van der Waals surface area contributed by atoms with E-state index in [4.69, 9.17) is 0 Å². The van der Waals surface area contributed by atoms with Crippen LogP contribution in [0.25, 0.3) is 10.6 Å². The largest absolute Gasteiger partial charge is 0.296 e. The fourth-order valence-corrected chi connectivity index (χ4v) is 4.24. The molecule has 0 bridgehead atoms. The van der Waals surface area contributed by atoms with E-state index in [0.29, 0.717) is 16.0 Å². The van der Waals surface area contributed by atoms with Crippen LogP contribution in [-0.2, 0) is 10.0 Å².